The van der Waals surface area contributed by atoms with Crippen LogP contribution in [-0.2, 0) is 0 Å². The molecule has 5 nitrogen and oxygen atoms in total. The van der Waals surface area contributed by atoms with Gasteiger partial charge in [0.05, 0.1) is 18.3 Å². The van der Waals surface area contributed by atoms with Crippen molar-refractivity contribution in [1.29, 1.82) is 0 Å². The summed E-state index contributed by atoms with van der Waals surface area (Å²) in [4.78, 5) is 18.8. The molecule has 3 rings (SSSR count). The normalized spacial score (nSPS) is 17.2. The highest BCUT2D eigenvalue weighted by atomic mass is 32.1. The minimum absolute atomic E-state index is 0.0518. The summed E-state index contributed by atoms with van der Waals surface area (Å²) in [5.74, 6) is 0.818. The summed E-state index contributed by atoms with van der Waals surface area (Å²) in [7, 11) is 0. The number of carbonyl (C=O) groups is 1. The number of thiazole rings is 1. The van der Waals surface area contributed by atoms with Gasteiger partial charge in [-0.3, -0.25) is 0 Å². The highest BCUT2D eigenvalue weighted by Crippen LogP contribution is 2.34. The molecule has 0 unspecified atom stereocenters. The van der Waals surface area contributed by atoms with Gasteiger partial charge in [0.15, 0.2) is 0 Å². The van der Waals surface area contributed by atoms with E-state index in [9.17, 15) is 4.79 Å². The predicted molar refractivity (Wildman–Crippen MR) is 81.0 cm³/mol. The average Bonchev–Trinajstić information content (AvgIpc) is 3.01. The summed E-state index contributed by atoms with van der Waals surface area (Å²) >= 11 is 1.55. The number of nitrogens with zero attached hydrogens (tertiary/aromatic N) is 2. The molecule has 2 atom stereocenters. The molecule has 2 aromatic heterocycles. The molecule has 6 heteroatoms. The molecule has 0 spiro atoms. The zero-order chi connectivity index (χ0) is 14.8. The minimum Gasteiger partial charge on any atom is -0.467 e. The SMILES string of the molecule is C[C@H](NC(=O)N(C1CC1)[C@H](C)c1ccco1)c1nccs1. The van der Waals surface area contributed by atoms with Crippen LogP contribution in [0.25, 0.3) is 0 Å². The quantitative estimate of drug-likeness (QED) is 0.915. The molecule has 0 bridgehead atoms. The summed E-state index contributed by atoms with van der Waals surface area (Å²) < 4.78 is 5.45. The summed E-state index contributed by atoms with van der Waals surface area (Å²) in [6.07, 6.45) is 5.52. The molecule has 0 radical (unpaired) electrons. The van der Waals surface area contributed by atoms with Crippen LogP contribution in [0.5, 0.6) is 0 Å². The summed E-state index contributed by atoms with van der Waals surface area (Å²) in [6, 6.07) is 3.89. The van der Waals surface area contributed by atoms with Crippen molar-refractivity contribution in [2.24, 2.45) is 0 Å². The molecule has 21 heavy (non-hydrogen) atoms. The Hall–Kier alpha value is -1.82. The Bertz CT molecular complexity index is 578. The van der Waals surface area contributed by atoms with Gasteiger partial charge in [0, 0.05) is 17.6 Å². The molecular formula is C15H19N3O2S. The van der Waals surface area contributed by atoms with E-state index in [0.717, 1.165) is 23.6 Å². The van der Waals surface area contributed by atoms with Crippen LogP contribution in [0.3, 0.4) is 0 Å². The summed E-state index contributed by atoms with van der Waals surface area (Å²) in [5, 5.41) is 5.88. The third-order valence-electron chi connectivity index (χ3n) is 3.71. The fourth-order valence-electron chi connectivity index (χ4n) is 2.45. The van der Waals surface area contributed by atoms with E-state index in [0.29, 0.717) is 6.04 Å². The van der Waals surface area contributed by atoms with Crippen LogP contribution in [0.1, 0.15) is 49.5 Å². The lowest BCUT2D eigenvalue weighted by atomic mass is 10.2. The van der Waals surface area contributed by atoms with Gasteiger partial charge in [-0.25, -0.2) is 9.78 Å². The van der Waals surface area contributed by atoms with E-state index in [2.05, 4.69) is 10.3 Å². The van der Waals surface area contributed by atoms with Crippen molar-refractivity contribution in [3.63, 3.8) is 0 Å². The zero-order valence-corrected chi connectivity index (χ0v) is 13.0. The van der Waals surface area contributed by atoms with Crippen LogP contribution in [0.4, 0.5) is 4.79 Å². The molecule has 1 aliphatic rings. The van der Waals surface area contributed by atoms with Crippen LogP contribution in [0.2, 0.25) is 0 Å². The number of carbonyl (C=O) groups excluding carboxylic acids is 1. The van der Waals surface area contributed by atoms with Gasteiger partial charge in [0.2, 0.25) is 0 Å². The second kappa shape index (κ2) is 5.89. The van der Waals surface area contributed by atoms with E-state index in [4.69, 9.17) is 4.42 Å². The van der Waals surface area contributed by atoms with Gasteiger partial charge in [-0.1, -0.05) is 0 Å². The van der Waals surface area contributed by atoms with Crippen molar-refractivity contribution in [3.05, 3.63) is 40.7 Å². The van der Waals surface area contributed by atoms with E-state index in [1.54, 1.807) is 23.8 Å². The van der Waals surface area contributed by atoms with E-state index >= 15 is 0 Å². The lowest BCUT2D eigenvalue weighted by Gasteiger charge is -2.29. The first kappa shape index (κ1) is 14.1. The molecule has 112 valence electrons. The van der Waals surface area contributed by atoms with Crippen molar-refractivity contribution in [3.8, 4) is 0 Å². The third-order valence-corrected chi connectivity index (χ3v) is 4.67. The lowest BCUT2D eigenvalue weighted by molar-refractivity contribution is 0.163. The Balaban J connectivity index is 1.70. The minimum atomic E-state index is -0.0810. The molecular weight excluding hydrogens is 286 g/mol. The molecule has 1 aliphatic carbocycles. The maximum Gasteiger partial charge on any atom is 0.318 e. The molecule has 0 aromatic carbocycles. The highest BCUT2D eigenvalue weighted by Gasteiger charge is 2.37. The maximum absolute atomic E-state index is 12.6. The summed E-state index contributed by atoms with van der Waals surface area (Å²) in [5.41, 5.74) is 0. The van der Waals surface area contributed by atoms with Gasteiger partial charge in [-0.15, -0.1) is 11.3 Å². The van der Waals surface area contributed by atoms with Crippen LogP contribution < -0.4 is 5.32 Å². The number of rotatable bonds is 5. The standard InChI is InChI=1S/C15H19N3O2S/c1-10(14-16-7-9-21-14)17-15(19)18(12-5-6-12)11(2)13-4-3-8-20-13/h3-4,7-12H,5-6H2,1-2H3,(H,17,19)/t10-,11+/m0/s1. The Morgan fingerprint density at radius 3 is 2.90 bits per heavy atom. The molecule has 0 saturated heterocycles. The van der Waals surface area contributed by atoms with Gasteiger partial charge in [0.25, 0.3) is 0 Å². The molecule has 1 fully saturated rings. The molecule has 0 aliphatic heterocycles. The third kappa shape index (κ3) is 3.10. The van der Waals surface area contributed by atoms with E-state index in [1.165, 1.54) is 0 Å². The van der Waals surface area contributed by atoms with Crippen molar-refractivity contribution < 1.29 is 9.21 Å². The van der Waals surface area contributed by atoms with Gasteiger partial charge in [-0.2, -0.15) is 0 Å². The van der Waals surface area contributed by atoms with Crippen LogP contribution in [0.15, 0.2) is 34.4 Å². The van der Waals surface area contributed by atoms with Crippen LogP contribution in [-0.4, -0.2) is 22.0 Å². The van der Waals surface area contributed by atoms with E-state index < -0.39 is 0 Å². The van der Waals surface area contributed by atoms with Gasteiger partial charge < -0.3 is 14.6 Å². The van der Waals surface area contributed by atoms with Crippen molar-refractivity contribution in [2.75, 3.05) is 0 Å². The first-order chi connectivity index (χ1) is 10.2. The first-order valence-corrected chi connectivity index (χ1v) is 8.06. The van der Waals surface area contributed by atoms with E-state index in [-0.39, 0.29) is 18.1 Å². The van der Waals surface area contributed by atoms with Crippen molar-refractivity contribution in [1.82, 2.24) is 15.2 Å². The second-order valence-electron chi connectivity index (χ2n) is 5.37. The summed E-state index contributed by atoms with van der Waals surface area (Å²) in [6.45, 7) is 3.96. The van der Waals surface area contributed by atoms with E-state index in [1.807, 2.05) is 36.3 Å². The Kier molecular flexibility index (Phi) is 3.96. The monoisotopic (exact) mass is 305 g/mol. The number of furan rings is 1. The zero-order valence-electron chi connectivity index (χ0n) is 12.2. The number of aromatic nitrogens is 1. The number of amides is 2. The Labute approximate surface area is 128 Å². The van der Waals surface area contributed by atoms with Crippen LogP contribution >= 0.6 is 11.3 Å². The highest BCUT2D eigenvalue weighted by molar-refractivity contribution is 7.09. The molecule has 1 saturated carbocycles. The number of hydrogen-bond acceptors (Lipinski definition) is 4. The number of hydrogen-bond donors (Lipinski definition) is 1. The van der Waals surface area contributed by atoms with Gasteiger partial charge in [0.1, 0.15) is 10.8 Å². The predicted octanol–water partition coefficient (Wildman–Crippen LogP) is 3.73. The lowest BCUT2D eigenvalue weighted by Crippen LogP contribution is -2.43. The van der Waals surface area contributed by atoms with Crippen LogP contribution in [0, 0.1) is 0 Å². The fourth-order valence-corrected chi connectivity index (χ4v) is 3.09. The largest absolute Gasteiger partial charge is 0.467 e. The number of urea groups is 1. The molecule has 2 heterocycles. The molecule has 2 amide bonds. The Morgan fingerprint density at radius 1 is 1.52 bits per heavy atom. The number of nitrogens with one attached hydrogen (secondary N) is 1. The molecule has 1 N–H and O–H groups in total. The second-order valence-corrected chi connectivity index (χ2v) is 6.30. The first-order valence-electron chi connectivity index (χ1n) is 7.18. The maximum atomic E-state index is 12.6. The average molecular weight is 305 g/mol. The fraction of sp³-hybridized carbons (Fsp3) is 0.467. The Morgan fingerprint density at radius 2 is 2.33 bits per heavy atom. The molecule has 2 aromatic rings. The van der Waals surface area contributed by atoms with Crippen molar-refractivity contribution >= 4 is 17.4 Å². The topological polar surface area (TPSA) is 58.4 Å². The van der Waals surface area contributed by atoms with Gasteiger partial charge >= 0.3 is 6.03 Å². The van der Waals surface area contributed by atoms with Crippen molar-refractivity contribution in [2.45, 2.75) is 44.8 Å². The smallest absolute Gasteiger partial charge is 0.318 e. The van der Waals surface area contributed by atoms with Gasteiger partial charge in [-0.05, 0) is 38.8 Å².